The second kappa shape index (κ2) is 7.27. The highest BCUT2D eigenvalue weighted by Gasteiger charge is 2.64. The number of hydrogen-bond donors (Lipinski definition) is 0. The largest absolute Gasteiger partial charge is 0.450 e. The highest BCUT2D eigenvalue weighted by Crippen LogP contribution is 2.52. The molecule has 3 aromatic rings. The number of fused-ring (bicyclic) bond motifs is 5. The van der Waals surface area contributed by atoms with Crippen LogP contribution in [-0.2, 0) is 15.1 Å². The van der Waals surface area contributed by atoms with E-state index >= 15 is 0 Å². The molecule has 2 aliphatic rings. The lowest BCUT2D eigenvalue weighted by Gasteiger charge is -2.34. The van der Waals surface area contributed by atoms with E-state index in [0.717, 1.165) is 12.1 Å². The molecule has 0 saturated carbocycles. The normalized spacial score (nSPS) is 19.3. The van der Waals surface area contributed by atoms with Gasteiger partial charge in [-0.1, -0.05) is 25.1 Å². The lowest BCUT2D eigenvalue weighted by Crippen LogP contribution is -2.54. The topological polar surface area (TPSA) is 80.1 Å². The molecule has 1 unspecified atom stereocenters. The maximum atomic E-state index is 14.1. The van der Waals surface area contributed by atoms with Gasteiger partial charge in [0.25, 0.3) is 11.8 Å². The van der Waals surface area contributed by atoms with E-state index in [9.17, 15) is 18.8 Å². The number of benzene rings is 2. The summed E-state index contributed by atoms with van der Waals surface area (Å²) >= 11 is 0. The molecule has 0 bridgehead atoms. The Bertz CT molecular complexity index is 1330. The van der Waals surface area contributed by atoms with Crippen LogP contribution >= 0.6 is 0 Å². The lowest BCUT2D eigenvalue weighted by molar-refractivity contribution is -0.126. The molecule has 1 atom stereocenters. The zero-order chi connectivity index (χ0) is 22.6. The zero-order valence-electron chi connectivity index (χ0n) is 17.7. The van der Waals surface area contributed by atoms with Crippen molar-refractivity contribution >= 4 is 28.5 Å². The Morgan fingerprint density at radius 1 is 1.09 bits per heavy atom. The van der Waals surface area contributed by atoms with Crippen LogP contribution in [0.4, 0.5) is 10.1 Å². The van der Waals surface area contributed by atoms with Gasteiger partial charge in [0, 0.05) is 25.8 Å². The van der Waals surface area contributed by atoms with Crippen molar-refractivity contribution in [3.8, 4) is 0 Å². The molecule has 0 fully saturated rings. The number of methoxy groups -OCH3 is 1. The van der Waals surface area contributed by atoms with Crippen molar-refractivity contribution < 1.29 is 23.1 Å². The van der Waals surface area contributed by atoms with Gasteiger partial charge in [-0.25, -0.2) is 4.39 Å². The number of halogens is 1. The Labute approximate surface area is 183 Å². The van der Waals surface area contributed by atoms with E-state index in [4.69, 9.17) is 9.15 Å². The van der Waals surface area contributed by atoms with Gasteiger partial charge < -0.3 is 19.0 Å². The van der Waals surface area contributed by atoms with E-state index in [-0.39, 0.29) is 35.4 Å². The number of carbonyl (C=O) groups is 2. The van der Waals surface area contributed by atoms with E-state index in [0.29, 0.717) is 24.2 Å². The summed E-state index contributed by atoms with van der Waals surface area (Å²) < 4.78 is 25.0. The molecule has 7 nitrogen and oxygen atoms in total. The number of amides is 2. The molecule has 5 rings (SSSR count). The van der Waals surface area contributed by atoms with Crippen LogP contribution < -0.4 is 10.3 Å². The number of anilines is 1. The molecule has 3 heterocycles. The van der Waals surface area contributed by atoms with Crippen molar-refractivity contribution in [1.82, 2.24) is 4.90 Å². The van der Waals surface area contributed by atoms with Gasteiger partial charge in [-0.2, -0.15) is 0 Å². The average Bonchev–Trinajstić information content (AvgIpc) is 3.18. The number of carbonyl (C=O) groups excluding carboxylic acids is 2. The monoisotopic (exact) mass is 436 g/mol. The van der Waals surface area contributed by atoms with Crippen molar-refractivity contribution in [2.45, 2.75) is 18.9 Å². The Hall–Kier alpha value is -3.52. The lowest BCUT2D eigenvalue weighted by atomic mass is 9.84. The first kappa shape index (κ1) is 20.4. The molecule has 0 N–H and O–H groups in total. The van der Waals surface area contributed by atoms with Crippen molar-refractivity contribution in [1.29, 1.82) is 0 Å². The third kappa shape index (κ3) is 2.47. The summed E-state index contributed by atoms with van der Waals surface area (Å²) in [5.74, 6) is -1.76. The van der Waals surface area contributed by atoms with Gasteiger partial charge in [-0.3, -0.25) is 14.4 Å². The molecule has 2 aliphatic heterocycles. The SMILES string of the molecule is CCCN1C(=O)C2(c3ccccc31)c1c(oc3ccc(F)cc3c1=O)C(=O)N2CCOC. The van der Waals surface area contributed by atoms with E-state index in [1.807, 2.05) is 13.0 Å². The Morgan fingerprint density at radius 3 is 2.62 bits per heavy atom. The van der Waals surface area contributed by atoms with Crippen molar-refractivity contribution in [2.24, 2.45) is 0 Å². The fraction of sp³-hybridized carbons (Fsp3) is 0.292. The third-order valence-corrected chi connectivity index (χ3v) is 6.16. The first-order valence-corrected chi connectivity index (χ1v) is 10.5. The summed E-state index contributed by atoms with van der Waals surface area (Å²) in [4.78, 5) is 44.3. The quantitative estimate of drug-likeness (QED) is 0.614. The molecular formula is C24H21FN2O5. The summed E-state index contributed by atoms with van der Waals surface area (Å²) in [6, 6.07) is 10.7. The summed E-state index contributed by atoms with van der Waals surface area (Å²) in [6.07, 6.45) is 0.687. The standard InChI is InChI=1S/C24H21FN2O5/c1-3-10-26-17-7-5-4-6-16(17)24(23(26)30)19-20(28)15-13-14(25)8-9-18(15)32-21(19)22(29)27(24)11-12-31-2/h4-9,13H,3,10-12H2,1-2H3. The second-order valence-electron chi connectivity index (χ2n) is 7.91. The Balaban J connectivity index is 1.90. The summed E-state index contributed by atoms with van der Waals surface area (Å²) in [6.45, 7) is 2.60. The van der Waals surface area contributed by atoms with Crippen molar-refractivity contribution in [3.05, 3.63) is 75.4 Å². The number of para-hydroxylation sites is 1. The van der Waals surface area contributed by atoms with Crippen LogP contribution in [0, 0.1) is 5.82 Å². The van der Waals surface area contributed by atoms with Gasteiger partial charge >= 0.3 is 0 Å². The van der Waals surface area contributed by atoms with Gasteiger partial charge in [0.05, 0.1) is 23.2 Å². The molecule has 1 aromatic heterocycles. The number of nitrogens with zero attached hydrogens (tertiary/aromatic N) is 2. The van der Waals surface area contributed by atoms with Crippen molar-refractivity contribution in [3.63, 3.8) is 0 Å². The number of ether oxygens (including phenoxy) is 1. The van der Waals surface area contributed by atoms with Gasteiger partial charge in [0.15, 0.2) is 11.0 Å². The predicted molar refractivity (Wildman–Crippen MR) is 115 cm³/mol. The van der Waals surface area contributed by atoms with Gasteiger partial charge in [-0.15, -0.1) is 0 Å². The zero-order valence-corrected chi connectivity index (χ0v) is 17.7. The van der Waals surface area contributed by atoms with Crippen LogP contribution in [-0.4, -0.2) is 43.5 Å². The summed E-state index contributed by atoms with van der Waals surface area (Å²) in [5.41, 5.74) is -1.07. The molecule has 0 radical (unpaired) electrons. The maximum Gasteiger partial charge on any atom is 0.291 e. The summed E-state index contributed by atoms with van der Waals surface area (Å²) in [7, 11) is 1.49. The first-order valence-electron chi connectivity index (χ1n) is 10.5. The molecule has 32 heavy (non-hydrogen) atoms. The molecular weight excluding hydrogens is 415 g/mol. The molecule has 2 amide bonds. The molecule has 0 aliphatic carbocycles. The molecule has 1 spiro atoms. The molecule has 164 valence electrons. The van der Waals surface area contributed by atoms with Crippen LogP contribution in [0.2, 0.25) is 0 Å². The summed E-state index contributed by atoms with van der Waals surface area (Å²) in [5, 5.41) is -0.0104. The minimum Gasteiger partial charge on any atom is -0.450 e. The van der Waals surface area contributed by atoms with Gasteiger partial charge in [0.2, 0.25) is 5.76 Å². The smallest absolute Gasteiger partial charge is 0.291 e. The van der Waals surface area contributed by atoms with Crippen LogP contribution in [0.1, 0.15) is 35.0 Å². The molecule has 2 aromatic carbocycles. The Kier molecular flexibility index (Phi) is 4.63. The minimum absolute atomic E-state index is 0.0104. The fourth-order valence-electron chi connectivity index (χ4n) is 4.89. The number of hydrogen-bond acceptors (Lipinski definition) is 5. The minimum atomic E-state index is -1.68. The Morgan fingerprint density at radius 2 is 1.88 bits per heavy atom. The highest BCUT2D eigenvalue weighted by atomic mass is 19.1. The van der Waals surface area contributed by atoms with Crippen LogP contribution in [0.25, 0.3) is 11.0 Å². The van der Waals surface area contributed by atoms with Crippen LogP contribution in [0.15, 0.2) is 51.7 Å². The maximum absolute atomic E-state index is 14.1. The average molecular weight is 436 g/mol. The predicted octanol–water partition coefficient (Wildman–Crippen LogP) is 3.03. The molecule has 0 saturated heterocycles. The van der Waals surface area contributed by atoms with Crippen LogP contribution in [0.5, 0.6) is 0 Å². The van der Waals surface area contributed by atoms with Gasteiger partial charge in [-0.05, 0) is 30.7 Å². The highest BCUT2D eigenvalue weighted by molar-refractivity contribution is 6.17. The van der Waals surface area contributed by atoms with E-state index in [1.165, 1.54) is 18.1 Å². The second-order valence-corrected chi connectivity index (χ2v) is 7.91. The first-order chi connectivity index (χ1) is 15.5. The van der Waals surface area contributed by atoms with E-state index in [1.54, 1.807) is 23.1 Å². The number of rotatable bonds is 5. The fourth-order valence-corrected chi connectivity index (χ4v) is 4.89. The molecule has 8 heteroatoms. The third-order valence-electron chi connectivity index (χ3n) is 6.16. The van der Waals surface area contributed by atoms with Crippen LogP contribution in [0.3, 0.4) is 0 Å². The van der Waals surface area contributed by atoms with E-state index in [2.05, 4.69) is 0 Å². The van der Waals surface area contributed by atoms with Crippen molar-refractivity contribution in [2.75, 3.05) is 31.7 Å². The van der Waals surface area contributed by atoms with E-state index < -0.39 is 28.6 Å². The van der Waals surface area contributed by atoms with Gasteiger partial charge in [0.1, 0.15) is 11.4 Å².